The van der Waals surface area contributed by atoms with Crippen LogP contribution in [0, 0.1) is 23.2 Å². The zero-order valence-electron chi connectivity index (χ0n) is 13.3. The van der Waals surface area contributed by atoms with Crippen LogP contribution >= 0.6 is 0 Å². The van der Waals surface area contributed by atoms with Gasteiger partial charge in [-0.05, 0) is 42.5 Å². The maximum atomic E-state index is 11.8. The summed E-state index contributed by atoms with van der Waals surface area (Å²) >= 11 is 0. The van der Waals surface area contributed by atoms with E-state index in [9.17, 15) is 4.79 Å². The number of nitrogens with zero attached hydrogens (tertiary/aromatic N) is 2. The number of piperidine rings is 1. The van der Waals surface area contributed by atoms with Gasteiger partial charge < -0.3 is 15.5 Å². The van der Waals surface area contributed by atoms with E-state index in [1.54, 1.807) is 24.3 Å². The first-order chi connectivity index (χ1) is 10.6. The van der Waals surface area contributed by atoms with Gasteiger partial charge in [-0.25, -0.2) is 4.79 Å². The van der Waals surface area contributed by atoms with Crippen molar-refractivity contribution in [1.82, 2.24) is 10.2 Å². The molecule has 0 unspecified atom stereocenters. The molecule has 1 heterocycles. The van der Waals surface area contributed by atoms with Crippen molar-refractivity contribution in [1.29, 1.82) is 5.26 Å². The van der Waals surface area contributed by atoms with Crippen LogP contribution < -0.4 is 10.6 Å². The summed E-state index contributed by atoms with van der Waals surface area (Å²) in [5, 5.41) is 14.4. The minimum atomic E-state index is -0.206. The van der Waals surface area contributed by atoms with Crippen LogP contribution in [0.25, 0.3) is 0 Å². The second kappa shape index (κ2) is 7.81. The number of urea groups is 1. The largest absolute Gasteiger partial charge is 0.337 e. The third-order valence-corrected chi connectivity index (χ3v) is 3.93. The first-order valence-corrected chi connectivity index (χ1v) is 7.84. The molecule has 1 fully saturated rings. The Kier molecular flexibility index (Phi) is 5.79. The van der Waals surface area contributed by atoms with E-state index in [1.807, 2.05) is 0 Å². The van der Waals surface area contributed by atoms with Crippen molar-refractivity contribution < 1.29 is 4.79 Å². The average Bonchev–Trinajstić information content (AvgIpc) is 2.47. The molecule has 0 radical (unpaired) electrons. The zero-order valence-corrected chi connectivity index (χ0v) is 13.3. The first kappa shape index (κ1) is 16.3. The van der Waals surface area contributed by atoms with Gasteiger partial charge in [0.2, 0.25) is 0 Å². The highest BCUT2D eigenvalue weighted by Gasteiger charge is 2.21. The number of rotatable bonds is 4. The SMILES string of the molecule is C[C@H]1C[C@H](C)CN(CCNC(=O)Nc2ccc(C#N)cc2)C1. The molecule has 0 aliphatic carbocycles. The van der Waals surface area contributed by atoms with Crippen LogP contribution in [0.2, 0.25) is 0 Å². The molecule has 2 amide bonds. The molecule has 22 heavy (non-hydrogen) atoms. The van der Waals surface area contributed by atoms with E-state index >= 15 is 0 Å². The molecule has 2 rings (SSSR count). The quantitative estimate of drug-likeness (QED) is 0.898. The van der Waals surface area contributed by atoms with Crippen molar-refractivity contribution in [3.8, 4) is 6.07 Å². The van der Waals surface area contributed by atoms with Gasteiger partial charge in [-0.1, -0.05) is 13.8 Å². The van der Waals surface area contributed by atoms with Crippen molar-refractivity contribution in [2.24, 2.45) is 11.8 Å². The molecule has 0 saturated carbocycles. The maximum absolute atomic E-state index is 11.8. The number of anilines is 1. The normalized spacial score (nSPS) is 21.9. The number of carbonyl (C=O) groups is 1. The fourth-order valence-corrected chi connectivity index (χ4v) is 3.11. The molecular formula is C17H24N4O. The molecule has 1 aliphatic rings. The number of nitriles is 1. The van der Waals surface area contributed by atoms with Crippen molar-refractivity contribution in [2.75, 3.05) is 31.5 Å². The van der Waals surface area contributed by atoms with E-state index in [2.05, 4.69) is 35.5 Å². The molecule has 5 heteroatoms. The highest BCUT2D eigenvalue weighted by molar-refractivity contribution is 5.89. The summed E-state index contributed by atoms with van der Waals surface area (Å²) < 4.78 is 0. The van der Waals surface area contributed by atoms with Gasteiger partial charge >= 0.3 is 6.03 Å². The molecule has 2 atom stereocenters. The number of likely N-dealkylation sites (tertiary alicyclic amines) is 1. The highest BCUT2D eigenvalue weighted by Crippen LogP contribution is 2.20. The van der Waals surface area contributed by atoms with Crippen molar-refractivity contribution in [3.05, 3.63) is 29.8 Å². The number of carbonyl (C=O) groups excluding carboxylic acids is 1. The summed E-state index contributed by atoms with van der Waals surface area (Å²) in [6.07, 6.45) is 1.29. The molecule has 1 aliphatic heterocycles. The predicted octanol–water partition coefficient (Wildman–Crippen LogP) is 2.66. The molecule has 0 spiro atoms. The van der Waals surface area contributed by atoms with Gasteiger partial charge in [0, 0.05) is 31.9 Å². The highest BCUT2D eigenvalue weighted by atomic mass is 16.2. The van der Waals surface area contributed by atoms with Gasteiger partial charge in [0.05, 0.1) is 11.6 Å². The summed E-state index contributed by atoms with van der Waals surface area (Å²) in [6.45, 7) is 8.32. The van der Waals surface area contributed by atoms with Crippen LogP contribution in [0.4, 0.5) is 10.5 Å². The summed E-state index contributed by atoms with van der Waals surface area (Å²) in [6, 6.07) is 8.68. The summed E-state index contributed by atoms with van der Waals surface area (Å²) in [7, 11) is 0. The minimum Gasteiger partial charge on any atom is -0.337 e. The zero-order chi connectivity index (χ0) is 15.9. The first-order valence-electron chi connectivity index (χ1n) is 7.84. The Labute approximate surface area is 132 Å². The molecule has 2 N–H and O–H groups in total. The maximum Gasteiger partial charge on any atom is 0.319 e. The lowest BCUT2D eigenvalue weighted by molar-refractivity contribution is 0.142. The Morgan fingerprint density at radius 2 is 1.91 bits per heavy atom. The number of benzene rings is 1. The molecule has 0 bridgehead atoms. The van der Waals surface area contributed by atoms with E-state index in [0.29, 0.717) is 17.8 Å². The molecule has 1 aromatic carbocycles. The van der Waals surface area contributed by atoms with E-state index < -0.39 is 0 Å². The van der Waals surface area contributed by atoms with Crippen LogP contribution in [0.3, 0.4) is 0 Å². The molecule has 1 saturated heterocycles. The van der Waals surface area contributed by atoms with Crippen molar-refractivity contribution in [3.63, 3.8) is 0 Å². The minimum absolute atomic E-state index is 0.206. The number of hydrogen-bond donors (Lipinski definition) is 2. The Bertz CT molecular complexity index is 525. The molecule has 118 valence electrons. The van der Waals surface area contributed by atoms with Gasteiger partial charge in [0.15, 0.2) is 0 Å². The monoisotopic (exact) mass is 300 g/mol. The van der Waals surface area contributed by atoms with Crippen LogP contribution in [0.1, 0.15) is 25.8 Å². The Morgan fingerprint density at radius 3 is 2.50 bits per heavy atom. The number of hydrogen-bond acceptors (Lipinski definition) is 3. The number of amides is 2. The van der Waals surface area contributed by atoms with Gasteiger partial charge in [-0.3, -0.25) is 0 Å². The van der Waals surface area contributed by atoms with Crippen molar-refractivity contribution in [2.45, 2.75) is 20.3 Å². The van der Waals surface area contributed by atoms with Gasteiger partial charge in [0.25, 0.3) is 0 Å². The van der Waals surface area contributed by atoms with Crippen LogP contribution in [0.5, 0.6) is 0 Å². The van der Waals surface area contributed by atoms with E-state index in [4.69, 9.17) is 5.26 Å². The lowest BCUT2D eigenvalue weighted by Gasteiger charge is -2.34. The second-order valence-electron chi connectivity index (χ2n) is 6.28. The summed E-state index contributed by atoms with van der Waals surface area (Å²) in [4.78, 5) is 14.2. The Hall–Kier alpha value is -2.06. The average molecular weight is 300 g/mol. The second-order valence-corrected chi connectivity index (χ2v) is 6.28. The van der Waals surface area contributed by atoms with E-state index in [1.165, 1.54) is 6.42 Å². The third-order valence-electron chi connectivity index (χ3n) is 3.93. The standard InChI is InChI=1S/C17H24N4O/c1-13-9-14(2)12-21(11-13)8-7-19-17(22)20-16-5-3-15(10-18)4-6-16/h3-6,13-14H,7-9,11-12H2,1-2H3,(H2,19,20,22)/t13-,14-/m0/s1. The summed E-state index contributed by atoms with van der Waals surface area (Å²) in [5.41, 5.74) is 1.27. The Morgan fingerprint density at radius 1 is 1.27 bits per heavy atom. The van der Waals surface area contributed by atoms with E-state index in [0.717, 1.165) is 31.5 Å². The van der Waals surface area contributed by atoms with Crippen LogP contribution in [0.15, 0.2) is 24.3 Å². The van der Waals surface area contributed by atoms with Crippen LogP contribution in [-0.2, 0) is 0 Å². The fraction of sp³-hybridized carbons (Fsp3) is 0.529. The summed E-state index contributed by atoms with van der Waals surface area (Å²) in [5.74, 6) is 1.47. The topological polar surface area (TPSA) is 68.2 Å². The molecule has 0 aromatic heterocycles. The van der Waals surface area contributed by atoms with Gasteiger partial charge in [-0.15, -0.1) is 0 Å². The van der Waals surface area contributed by atoms with E-state index in [-0.39, 0.29) is 6.03 Å². The molecular weight excluding hydrogens is 276 g/mol. The molecule has 1 aromatic rings. The lowest BCUT2D eigenvalue weighted by Crippen LogP contribution is -2.43. The predicted molar refractivity (Wildman–Crippen MR) is 87.6 cm³/mol. The third kappa shape index (κ3) is 5.05. The smallest absolute Gasteiger partial charge is 0.319 e. The Balaban J connectivity index is 1.70. The van der Waals surface area contributed by atoms with Crippen molar-refractivity contribution >= 4 is 11.7 Å². The van der Waals surface area contributed by atoms with Gasteiger partial charge in [-0.2, -0.15) is 5.26 Å². The number of nitrogens with one attached hydrogen (secondary N) is 2. The molecule has 5 nitrogen and oxygen atoms in total. The lowest BCUT2D eigenvalue weighted by atomic mass is 9.92. The van der Waals surface area contributed by atoms with Crippen LogP contribution in [-0.4, -0.2) is 37.1 Å². The fourth-order valence-electron chi connectivity index (χ4n) is 3.11. The van der Waals surface area contributed by atoms with Gasteiger partial charge in [0.1, 0.15) is 0 Å².